The largest absolute Gasteiger partial charge is 0.508 e. The van der Waals surface area contributed by atoms with Gasteiger partial charge in [0.25, 0.3) is 0 Å². The summed E-state index contributed by atoms with van der Waals surface area (Å²) in [5.74, 6) is -0.734. The van der Waals surface area contributed by atoms with Crippen LogP contribution in [0, 0.1) is 0 Å². The summed E-state index contributed by atoms with van der Waals surface area (Å²) in [6.07, 6.45) is 4.49. The minimum absolute atomic E-state index is 0.222. The van der Waals surface area contributed by atoms with Gasteiger partial charge in [0.15, 0.2) is 0 Å². The maximum atomic E-state index is 12.0. The fraction of sp³-hybridized carbons (Fsp3) is 0.167. The predicted molar refractivity (Wildman–Crippen MR) is 91.8 cm³/mol. The van der Waals surface area contributed by atoms with Crippen LogP contribution in [0.5, 0.6) is 5.75 Å². The van der Waals surface area contributed by atoms with Crippen molar-refractivity contribution in [2.75, 3.05) is 0 Å². The first kappa shape index (κ1) is 16.3. The van der Waals surface area contributed by atoms with Crippen molar-refractivity contribution in [2.45, 2.75) is 19.3 Å². The summed E-state index contributed by atoms with van der Waals surface area (Å²) in [6.45, 7) is 1.93. The molecule has 1 atom stereocenters. The molecule has 1 amide bonds. The molecule has 3 N–H and O–H groups in total. The molecule has 0 aromatic heterocycles. The summed E-state index contributed by atoms with van der Waals surface area (Å²) < 4.78 is 0.893. The molecule has 0 spiro atoms. The van der Waals surface area contributed by atoms with E-state index in [0.717, 1.165) is 21.2 Å². The van der Waals surface area contributed by atoms with Gasteiger partial charge in [-0.15, -0.1) is 0 Å². The van der Waals surface area contributed by atoms with Crippen LogP contribution in [-0.4, -0.2) is 11.0 Å². The number of benzene rings is 2. The monoisotopic (exact) mass is 359 g/mol. The number of allylic oxidation sites excluding steroid dienone is 2. The van der Waals surface area contributed by atoms with Crippen LogP contribution < -0.4 is 5.73 Å². The van der Waals surface area contributed by atoms with Crippen molar-refractivity contribution in [1.82, 2.24) is 0 Å². The van der Waals surface area contributed by atoms with Gasteiger partial charge in [0, 0.05) is 4.47 Å². The molecule has 114 valence electrons. The molecule has 4 heteroatoms. The van der Waals surface area contributed by atoms with E-state index in [9.17, 15) is 9.90 Å². The number of carbonyl (C=O) groups excluding carboxylic acids is 1. The zero-order valence-electron chi connectivity index (χ0n) is 12.3. The smallest absolute Gasteiger partial charge is 0.229 e. The number of rotatable bonds is 5. The van der Waals surface area contributed by atoms with Crippen molar-refractivity contribution in [3.63, 3.8) is 0 Å². The third-order valence-electron chi connectivity index (χ3n) is 3.48. The Morgan fingerprint density at radius 1 is 1.27 bits per heavy atom. The van der Waals surface area contributed by atoms with E-state index in [1.54, 1.807) is 12.1 Å². The number of phenolic OH excluding ortho intramolecular Hbond substituents is 1. The lowest BCUT2D eigenvalue weighted by Crippen LogP contribution is -2.22. The Labute approximate surface area is 138 Å². The van der Waals surface area contributed by atoms with E-state index >= 15 is 0 Å². The summed E-state index contributed by atoms with van der Waals surface area (Å²) >= 11 is 3.41. The Kier molecular flexibility index (Phi) is 5.39. The van der Waals surface area contributed by atoms with E-state index in [2.05, 4.69) is 15.9 Å². The number of phenols is 1. The Bertz CT molecular complexity index is 710. The lowest BCUT2D eigenvalue weighted by molar-refractivity contribution is -0.118. The lowest BCUT2D eigenvalue weighted by atomic mass is 9.89. The molecule has 0 fully saturated rings. The maximum absolute atomic E-state index is 12.0. The summed E-state index contributed by atoms with van der Waals surface area (Å²) in [4.78, 5) is 12.0. The highest BCUT2D eigenvalue weighted by Crippen LogP contribution is 2.30. The molecule has 0 saturated heterocycles. The second-order valence-corrected chi connectivity index (χ2v) is 5.97. The first-order chi connectivity index (χ1) is 10.5. The van der Waals surface area contributed by atoms with E-state index in [4.69, 9.17) is 5.73 Å². The van der Waals surface area contributed by atoms with E-state index in [-0.39, 0.29) is 5.75 Å². The van der Waals surface area contributed by atoms with Crippen molar-refractivity contribution in [3.8, 4) is 5.75 Å². The van der Waals surface area contributed by atoms with Gasteiger partial charge in [-0.1, -0.05) is 52.3 Å². The number of aromatic hydroxyl groups is 1. The minimum atomic E-state index is -0.539. The highest BCUT2D eigenvalue weighted by atomic mass is 79.9. The summed E-state index contributed by atoms with van der Waals surface area (Å²) in [6, 6.07) is 12.7. The number of nitrogens with two attached hydrogens (primary N) is 1. The zero-order valence-corrected chi connectivity index (χ0v) is 13.9. The van der Waals surface area contributed by atoms with Crippen LogP contribution in [0.1, 0.15) is 29.5 Å². The van der Waals surface area contributed by atoms with E-state index in [0.29, 0.717) is 6.42 Å². The Hall–Kier alpha value is -2.07. The average molecular weight is 360 g/mol. The van der Waals surface area contributed by atoms with Gasteiger partial charge < -0.3 is 10.8 Å². The van der Waals surface area contributed by atoms with Crippen molar-refractivity contribution in [1.29, 1.82) is 0 Å². The molecule has 2 aromatic carbocycles. The standard InChI is InChI=1S/C18H18BrNO2/c1-2-3-5-12-10-14(8-9-16(12)21)17(18(20)22)13-6-4-7-15(19)11-13/h2-4,6-11,17,21H,5H2,1H3,(H2,20,22)/b3-2+. The predicted octanol–water partition coefficient (Wildman–Crippen LogP) is 3.89. The molecule has 0 aliphatic rings. The summed E-state index contributed by atoms with van der Waals surface area (Å²) in [7, 11) is 0. The lowest BCUT2D eigenvalue weighted by Gasteiger charge is -2.16. The van der Waals surface area contributed by atoms with Crippen molar-refractivity contribution < 1.29 is 9.90 Å². The van der Waals surface area contributed by atoms with Crippen LogP contribution in [0.4, 0.5) is 0 Å². The number of carbonyl (C=O) groups is 1. The van der Waals surface area contributed by atoms with Gasteiger partial charge in [0.05, 0.1) is 5.92 Å². The highest BCUT2D eigenvalue weighted by molar-refractivity contribution is 9.10. The Morgan fingerprint density at radius 2 is 2.00 bits per heavy atom. The fourth-order valence-electron chi connectivity index (χ4n) is 2.40. The second kappa shape index (κ2) is 7.27. The molecule has 2 aromatic rings. The van der Waals surface area contributed by atoms with Gasteiger partial charge in [-0.3, -0.25) is 4.79 Å². The first-order valence-electron chi connectivity index (χ1n) is 7.00. The molecule has 2 rings (SSSR count). The highest BCUT2D eigenvalue weighted by Gasteiger charge is 2.21. The van der Waals surface area contributed by atoms with Crippen LogP contribution in [0.2, 0.25) is 0 Å². The quantitative estimate of drug-likeness (QED) is 0.795. The van der Waals surface area contributed by atoms with E-state index < -0.39 is 11.8 Å². The van der Waals surface area contributed by atoms with Gasteiger partial charge in [-0.25, -0.2) is 0 Å². The topological polar surface area (TPSA) is 63.3 Å². The Morgan fingerprint density at radius 3 is 2.64 bits per heavy atom. The zero-order chi connectivity index (χ0) is 16.1. The molecular weight excluding hydrogens is 342 g/mol. The molecule has 3 nitrogen and oxygen atoms in total. The van der Waals surface area contributed by atoms with Crippen LogP contribution in [0.3, 0.4) is 0 Å². The van der Waals surface area contributed by atoms with Gasteiger partial charge >= 0.3 is 0 Å². The molecule has 0 heterocycles. The van der Waals surface area contributed by atoms with Gasteiger partial charge in [-0.2, -0.15) is 0 Å². The van der Waals surface area contributed by atoms with Crippen LogP contribution in [0.15, 0.2) is 59.1 Å². The van der Waals surface area contributed by atoms with Gasteiger partial charge in [0.2, 0.25) is 5.91 Å². The normalized spacial score (nSPS) is 12.5. The number of primary amides is 1. The van der Waals surface area contributed by atoms with Gasteiger partial charge in [0.1, 0.15) is 5.75 Å². The number of hydrogen-bond donors (Lipinski definition) is 2. The molecule has 0 radical (unpaired) electrons. The number of amides is 1. The first-order valence-corrected chi connectivity index (χ1v) is 7.80. The SMILES string of the molecule is C/C=C/Cc1cc(C(C(N)=O)c2cccc(Br)c2)ccc1O. The van der Waals surface area contributed by atoms with Crippen molar-refractivity contribution >= 4 is 21.8 Å². The van der Waals surface area contributed by atoms with E-state index in [1.807, 2.05) is 49.4 Å². The molecular formula is C18H18BrNO2. The third-order valence-corrected chi connectivity index (χ3v) is 3.97. The minimum Gasteiger partial charge on any atom is -0.508 e. The molecule has 0 aliphatic carbocycles. The van der Waals surface area contributed by atoms with E-state index in [1.165, 1.54) is 0 Å². The average Bonchev–Trinajstić information content (AvgIpc) is 2.47. The molecule has 0 bridgehead atoms. The van der Waals surface area contributed by atoms with Crippen molar-refractivity contribution in [2.24, 2.45) is 5.73 Å². The van der Waals surface area contributed by atoms with Crippen LogP contribution in [0.25, 0.3) is 0 Å². The maximum Gasteiger partial charge on any atom is 0.229 e. The van der Waals surface area contributed by atoms with Crippen LogP contribution in [-0.2, 0) is 11.2 Å². The second-order valence-electron chi connectivity index (χ2n) is 5.05. The van der Waals surface area contributed by atoms with Gasteiger partial charge in [-0.05, 0) is 48.2 Å². The third kappa shape index (κ3) is 3.77. The Balaban J connectivity index is 2.47. The fourth-order valence-corrected chi connectivity index (χ4v) is 2.82. The number of halogens is 1. The van der Waals surface area contributed by atoms with Crippen molar-refractivity contribution in [3.05, 3.63) is 75.8 Å². The summed E-state index contributed by atoms with van der Waals surface area (Å²) in [5.41, 5.74) is 7.99. The summed E-state index contributed by atoms with van der Waals surface area (Å²) in [5, 5.41) is 9.94. The number of hydrogen-bond acceptors (Lipinski definition) is 2. The molecule has 22 heavy (non-hydrogen) atoms. The molecule has 1 unspecified atom stereocenters. The van der Waals surface area contributed by atoms with Crippen LogP contribution >= 0.6 is 15.9 Å². The molecule has 0 aliphatic heterocycles. The molecule has 0 saturated carbocycles.